The van der Waals surface area contributed by atoms with Gasteiger partial charge in [-0.3, -0.25) is 0 Å². The summed E-state index contributed by atoms with van der Waals surface area (Å²) in [6.07, 6.45) is 2.82. The van der Waals surface area contributed by atoms with Crippen molar-refractivity contribution >= 4 is 5.69 Å². The average Bonchev–Trinajstić information content (AvgIpc) is 2.37. The number of hydrogen-bond acceptors (Lipinski definition) is 4. The Morgan fingerprint density at radius 3 is 2.76 bits per heavy atom. The minimum absolute atomic E-state index is 0.0404. The number of nitrogens with zero attached hydrogens (tertiary/aromatic N) is 2. The molecule has 4 heteroatoms. The van der Waals surface area contributed by atoms with Gasteiger partial charge in [0, 0.05) is 25.3 Å². The zero-order valence-corrected chi connectivity index (χ0v) is 10.0. The van der Waals surface area contributed by atoms with Crippen molar-refractivity contribution in [3.05, 3.63) is 34.7 Å². The Morgan fingerprint density at radius 1 is 1.35 bits per heavy atom. The third-order valence-corrected chi connectivity index (χ3v) is 3.37. The third kappa shape index (κ3) is 3.53. The molecule has 1 saturated heterocycles. The molecule has 2 N–H and O–H groups in total. The van der Waals surface area contributed by atoms with Crippen molar-refractivity contribution in [2.75, 3.05) is 25.4 Å². The van der Waals surface area contributed by atoms with Crippen molar-refractivity contribution in [2.45, 2.75) is 25.3 Å². The number of likely N-dealkylation sites (tertiary alicyclic amines) is 1. The van der Waals surface area contributed by atoms with Crippen LogP contribution in [0.15, 0.2) is 29.4 Å². The van der Waals surface area contributed by atoms with E-state index in [9.17, 15) is 4.91 Å². The van der Waals surface area contributed by atoms with Gasteiger partial charge in [0.2, 0.25) is 0 Å². The molecule has 1 aliphatic heterocycles. The highest BCUT2D eigenvalue weighted by Gasteiger charge is 2.18. The maximum absolute atomic E-state index is 10.4. The van der Waals surface area contributed by atoms with Crippen LogP contribution in [-0.2, 0) is 6.42 Å². The predicted octanol–water partition coefficient (Wildman–Crippen LogP) is 2.04. The topological polar surface area (TPSA) is 58.7 Å². The molecule has 0 saturated carbocycles. The number of benzene rings is 1. The number of nitroso groups, excluding NO2 is 1. The zero-order chi connectivity index (χ0) is 12.1. The van der Waals surface area contributed by atoms with Gasteiger partial charge in [0.15, 0.2) is 0 Å². The highest BCUT2D eigenvalue weighted by Crippen LogP contribution is 2.14. The van der Waals surface area contributed by atoms with Crippen molar-refractivity contribution in [2.24, 2.45) is 5.18 Å². The third-order valence-electron chi connectivity index (χ3n) is 3.37. The summed E-state index contributed by atoms with van der Waals surface area (Å²) in [7, 11) is 0. The summed E-state index contributed by atoms with van der Waals surface area (Å²) < 4.78 is 0. The highest BCUT2D eigenvalue weighted by atomic mass is 16.3. The van der Waals surface area contributed by atoms with E-state index >= 15 is 0 Å². The van der Waals surface area contributed by atoms with Gasteiger partial charge in [0.1, 0.15) is 0 Å². The number of nitrogen functional groups attached to an aromatic ring is 1. The molecule has 17 heavy (non-hydrogen) atoms. The van der Waals surface area contributed by atoms with Gasteiger partial charge in [-0.05, 0) is 37.0 Å². The second-order valence-corrected chi connectivity index (χ2v) is 4.67. The standard InChI is InChI=1S/C13H19N3O/c14-12-3-1-2-11(10-12)4-7-16-8-5-13(15-17)6-9-16/h1-3,10,13H,4-9,14H2. The van der Waals surface area contributed by atoms with Gasteiger partial charge < -0.3 is 10.6 Å². The number of nitrogens with two attached hydrogens (primary N) is 1. The maximum atomic E-state index is 10.4. The number of rotatable bonds is 4. The maximum Gasteiger partial charge on any atom is 0.0944 e. The Labute approximate surface area is 102 Å². The van der Waals surface area contributed by atoms with Crippen molar-refractivity contribution in [3.63, 3.8) is 0 Å². The Kier molecular flexibility index (Phi) is 4.09. The first-order chi connectivity index (χ1) is 8.28. The van der Waals surface area contributed by atoms with Crippen molar-refractivity contribution in [1.29, 1.82) is 0 Å². The lowest BCUT2D eigenvalue weighted by Gasteiger charge is -2.28. The molecule has 0 aromatic heterocycles. The quantitative estimate of drug-likeness (QED) is 0.639. The molecule has 4 nitrogen and oxygen atoms in total. The lowest BCUT2D eigenvalue weighted by molar-refractivity contribution is 0.216. The van der Waals surface area contributed by atoms with Gasteiger partial charge in [0.25, 0.3) is 0 Å². The highest BCUT2D eigenvalue weighted by molar-refractivity contribution is 5.40. The molecule has 0 radical (unpaired) electrons. The summed E-state index contributed by atoms with van der Waals surface area (Å²) in [5.41, 5.74) is 7.85. The molecule has 0 atom stereocenters. The molecule has 0 unspecified atom stereocenters. The summed E-state index contributed by atoms with van der Waals surface area (Å²) in [6, 6.07) is 8.08. The average molecular weight is 233 g/mol. The Hall–Kier alpha value is -1.42. The summed E-state index contributed by atoms with van der Waals surface area (Å²) in [5.74, 6) is 0. The smallest absolute Gasteiger partial charge is 0.0944 e. The first-order valence-corrected chi connectivity index (χ1v) is 6.17. The van der Waals surface area contributed by atoms with Crippen LogP contribution >= 0.6 is 0 Å². The summed E-state index contributed by atoms with van der Waals surface area (Å²) in [4.78, 5) is 12.8. The molecule has 0 aliphatic carbocycles. The molecular weight excluding hydrogens is 214 g/mol. The van der Waals surface area contributed by atoms with Crippen LogP contribution in [0.2, 0.25) is 0 Å². The molecule has 0 spiro atoms. The summed E-state index contributed by atoms with van der Waals surface area (Å²) >= 11 is 0. The lowest BCUT2D eigenvalue weighted by Crippen LogP contribution is -2.36. The normalized spacial score (nSPS) is 18.1. The van der Waals surface area contributed by atoms with Gasteiger partial charge in [0.05, 0.1) is 6.04 Å². The number of piperidine rings is 1. The van der Waals surface area contributed by atoms with Crippen LogP contribution in [0.25, 0.3) is 0 Å². The van der Waals surface area contributed by atoms with E-state index in [4.69, 9.17) is 5.73 Å². The molecule has 1 fully saturated rings. The van der Waals surface area contributed by atoms with Crippen LogP contribution < -0.4 is 5.73 Å². The van der Waals surface area contributed by atoms with Crippen LogP contribution in [0.3, 0.4) is 0 Å². The summed E-state index contributed by atoms with van der Waals surface area (Å²) in [5, 5.41) is 3.12. The SMILES string of the molecule is Nc1cccc(CCN2CCC(N=O)CC2)c1. The Balaban J connectivity index is 1.77. The molecule has 1 heterocycles. The predicted molar refractivity (Wildman–Crippen MR) is 69.8 cm³/mol. The largest absolute Gasteiger partial charge is 0.399 e. The molecule has 1 aromatic rings. The minimum Gasteiger partial charge on any atom is -0.399 e. The molecule has 0 bridgehead atoms. The van der Waals surface area contributed by atoms with E-state index < -0.39 is 0 Å². The number of hydrogen-bond donors (Lipinski definition) is 1. The fraction of sp³-hybridized carbons (Fsp3) is 0.538. The lowest BCUT2D eigenvalue weighted by atomic mass is 10.0. The monoisotopic (exact) mass is 233 g/mol. The second kappa shape index (κ2) is 5.77. The van der Waals surface area contributed by atoms with Crippen LogP contribution in [0.4, 0.5) is 5.69 Å². The van der Waals surface area contributed by atoms with Gasteiger partial charge >= 0.3 is 0 Å². The van der Waals surface area contributed by atoms with Gasteiger partial charge in [-0.15, -0.1) is 0 Å². The van der Waals surface area contributed by atoms with E-state index in [1.54, 1.807) is 0 Å². The van der Waals surface area contributed by atoms with Crippen LogP contribution in [0.1, 0.15) is 18.4 Å². The molecular formula is C13H19N3O. The minimum atomic E-state index is 0.0404. The van der Waals surface area contributed by atoms with Crippen molar-refractivity contribution in [3.8, 4) is 0 Å². The van der Waals surface area contributed by atoms with E-state index in [1.165, 1.54) is 5.56 Å². The fourth-order valence-corrected chi connectivity index (χ4v) is 2.28. The van der Waals surface area contributed by atoms with E-state index in [0.717, 1.165) is 44.6 Å². The second-order valence-electron chi connectivity index (χ2n) is 4.67. The van der Waals surface area contributed by atoms with Crippen molar-refractivity contribution < 1.29 is 0 Å². The number of anilines is 1. The van der Waals surface area contributed by atoms with Crippen LogP contribution in [0.5, 0.6) is 0 Å². The molecule has 1 aliphatic rings. The molecule has 92 valence electrons. The van der Waals surface area contributed by atoms with Crippen LogP contribution in [-0.4, -0.2) is 30.6 Å². The first-order valence-electron chi connectivity index (χ1n) is 6.17. The molecule has 0 amide bonds. The Morgan fingerprint density at radius 2 is 2.12 bits per heavy atom. The van der Waals surface area contributed by atoms with E-state index in [2.05, 4.69) is 16.1 Å². The fourth-order valence-electron chi connectivity index (χ4n) is 2.28. The van der Waals surface area contributed by atoms with Gasteiger partial charge in [-0.1, -0.05) is 17.3 Å². The first kappa shape index (κ1) is 12.0. The van der Waals surface area contributed by atoms with Crippen molar-refractivity contribution in [1.82, 2.24) is 4.90 Å². The zero-order valence-electron chi connectivity index (χ0n) is 10.0. The van der Waals surface area contributed by atoms with E-state index in [1.807, 2.05) is 18.2 Å². The Bertz CT molecular complexity index is 373. The molecule has 2 rings (SSSR count). The molecule has 1 aromatic carbocycles. The van der Waals surface area contributed by atoms with Gasteiger partial charge in [-0.2, -0.15) is 4.91 Å². The summed E-state index contributed by atoms with van der Waals surface area (Å²) in [6.45, 7) is 3.01. The van der Waals surface area contributed by atoms with Crippen LogP contribution in [0, 0.1) is 4.91 Å². The van der Waals surface area contributed by atoms with Gasteiger partial charge in [-0.25, -0.2) is 0 Å². The van der Waals surface area contributed by atoms with E-state index in [0.29, 0.717) is 0 Å². The van der Waals surface area contributed by atoms with E-state index in [-0.39, 0.29) is 6.04 Å².